The van der Waals surface area contributed by atoms with E-state index >= 15 is 0 Å². The monoisotopic (exact) mass is 430 g/mol. The molecule has 0 radical (unpaired) electrons. The summed E-state index contributed by atoms with van der Waals surface area (Å²) >= 11 is 0. The Hall–Kier alpha value is -2.71. The highest BCUT2D eigenvalue weighted by Crippen LogP contribution is 2.24. The molecule has 1 fully saturated rings. The number of likely N-dealkylation sites (tertiary alicyclic amines) is 1. The van der Waals surface area contributed by atoms with Gasteiger partial charge in [0, 0.05) is 51.8 Å². The minimum Gasteiger partial charge on any atom is -0.497 e. The molecule has 0 saturated carbocycles. The zero-order valence-electron chi connectivity index (χ0n) is 18.7. The molecular formula is C23H34N4O4. The summed E-state index contributed by atoms with van der Waals surface area (Å²) in [7, 11) is 5.05. The lowest BCUT2D eigenvalue weighted by Crippen LogP contribution is -2.45. The van der Waals surface area contributed by atoms with E-state index in [1.807, 2.05) is 18.2 Å². The van der Waals surface area contributed by atoms with E-state index in [9.17, 15) is 0 Å². The van der Waals surface area contributed by atoms with Crippen molar-refractivity contribution in [2.45, 2.75) is 25.4 Å². The lowest BCUT2D eigenvalue weighted by Gasteiger charge is -2.20. The highest BCUT2D eigenvalue weighted by Gasteiger charge is 2.23. The fourth-order valence-corrected chi connectivity index (χ4v) is 3.66. The maximum absolute atomic E-state index is 5.41. The molecule has 0 aliphatic carbocycles. The highest BCUT2D eigenvalue weighted by molar-refractivity contribution is 5.80. The molecule has 1 aromatic carbocycles. The molecule has 8 nitrogen and oxygen atoms in total. The van der Waals surface area contributed by atoms with Crippen molar-refractivity contribution in [1.82, 2.24) is 15.5 Å². The van der Waals surface area contributed by atoms with Crippen molar-refractivity contribution in [2.24, 2.45) is 4.99 Å². The van der Waals surface area contributed by atoms with E-state index in [0.717, 1.165) is 62.2 Å². The van der Waals surface area contributed by atoms with Crippen molar-refractivity contribution in [1.29, 1.82) is 0 Å². The van der Waals surface area contributed by atoms with E-state index in [1.165, 1.54) is 5.56 Å². The van der Waals surface area contributed by atoms with Crippen LogP contribution in [0, 0.1) is 0 Å². The van der Waals surface area contributed by atoms with E-state index in [-0.39, 0.29) is 0 Å². The molecule has 1 aromatic heterocycles. The zero-order chi connectivity index (χ0) is 21.9. The summed E-state index contributed by atoms with van der Waals surface area (Å²) in [5, 5.41) is 6.99. The Labute approximate surface area is 184 Å². The third kappa shape index (κ3) is 7.48. The highest BCUT2D eigenvalue weighted by atomic mass is 16.5. The van der Waals surface area contributed by atoms with Gasteiger partial charge in [-0.1, -0.05) is 0 Å². The lowest BCUT2D eigenvalue weighted by atomic mass is 10.2. The first-order valence-corrected chi connectivity index (χ1v) is 10.7. The van der Waals surface area contributed by atoms with Crippen LogP contribution in [0.2, 0.25) is 0 Å². The summed E-state index contributed by atoms with van der Waals surface area (Å²) < 4.78 is 21.3. The van der Waals surface area contributed by atoms with Gasteiger partial charge in [-0.15, -0.1) is 0 Å². The van der Waals surface area contributed by atoms with Crippen molar-refractivity contribution < 1.29 is 18.6 Å². The van der Waals surface area contributed by atoms with Crippen LogP contribution >= 0.6 is 0 Å². The van der Waals surface area contributed by atoms with Gasteiger partial charge in [0.05, 0.1) is 33.6 Å². The third-order valence-electron chi connectivity index (χ3n) is 5.24. The van der Waals surface area contributed by atoms with Crippen LogP contribution in [0.1, 0.15) is 17.7 Å². The summed E-state index contributed by atoms with van der Waals surface area (Å²) in [5.41, 5.74) is 1.18. The predicted octanol–water partition coefficient (Wildman–Crippen LogP) is 2.30. The van der Waals surface area contributed by atoms with Crippen molar-refractivity contribution >= 4 is 5.96 Å². The lowest BCUT2D eigenvalue weighted by molar-refractivity contribution is 0.208. The van der Waals surface area contributed by atoms with Crippen LogP contribution in [-0.2, 0) is 17.7 Å². The summed E-state index contributed by atoms with van der Waals surface area (Å²) in [4.78, 5) is 7.07. The van der Waals surface area contributed by atoms with Crippen molar-refractivity contribution in [3.63, 3.8) is 0 Å². The van der Waals surface area contributed by atoms with Crippen LogP contribution in [0.4, 0.5) is 0 Å². The second-order valence-electron chi connectivity index (χ2n) is 7.57. The Morgan fingerprint density at radius 3 is 2.68 bits per heavy atom. The quantitative estimate of drug-likeness (QED) is 0.322. The van der Waals surface area contributed by atoms with Crippen molar-refractivity contribution in [3.05, 3.63) is 47.9 Å². The minimum atomic E-state index is 0.338. The van der Waals surface area contributed by atoms with Gasteiger partial charge in [0.15, 0.2) is 5.96 Å². The first kappa shape index (κ1) is 23.0. The number of nitrogens with one attached hydrogen (secondary N) is 2. The van der Waals surface area contributed by atoms with Gasteiger partial charge >= 0.3 is 0 Å². The Morgan fingerprint density at radius 1 is 1.19 bits per heavy atom. The Kier molecular flexibility index (Phi) is 9.05. The smallest absolute Gasteiger partial charge is 0.191 e. The summed E-state index contributed by atoms with van der Waals surface area (Å²) in [5.74, 6) is 3.41. The molecule has 2 aromatic rings. The number of hydrogen-bond acceptors (Lipinski definition) is 6. The van der Waals surface area contributed by atoms with Gasteiger partial charge < -0.3 is 29.3 Å². The zero-order valence-corrected chi connectivity index (χ0v) is 18.7. The number of guanidine groups is 1. The van der Waals surface area contributed by atoms with Gasteiger partial charge in [0.2, 0.25) is 0 Å². The molecule has 0 amide bonds. The average molecular weight is 431 g/mol. The van der Waals surface area contributed by atoms with E-state index in [2.05, 4.69) is 32.7 Å². The topological polar surface area (TPSA) is 80.5 Å². The Balaban J connectivity index is 1.52. The molecule has 31 heavy (non-hydrogen) atoms. The van der Waals surface area contributed by atoms with Gasteiger partial charge in [-0.25, -0.2) is 0 Å². The van der Waals surface area contributed by atoms with Crippen LogP contribution in [0.15, 0.2) is 46.0 Å². The van der Waals surface area contributed by atoms with Crippen LogP contribution in [0.3, 0.4) is 0 Å². The average Bonchev–Trinajstić information content (AvgIpc) is 3.45. The van der Waals surface area contributed by atoms with E-state index in [0.29, 0.717) is 19.2 Å². The van der Waals surface area contributed by atoms with Gasteiger partial charge in [-0.05, 0) is 36.2 Å². The maximum atomic E-state index is 5.41. The van der Waals surface area contributed by atoms with Crippen LogP contribution < -0.4 is 20.1 Å². The number of hydrogen-bond donors (Lipinski definition) is 2. The van der Waals surface area contributed by atoms with Gasteiger partial charge in [0.1, 0.15) is 17.3 Å². The molecule has 0 bridgehead atoms. The maximum Gasteiger partial charge on any atom is 0.191 e. The molecule has 2 heterocycles. The first-order valence-electron chi connectivity index (χ1n) is 10.7. The molecular weight excluding hydrogens is 396 g/mol. The fourth-order valence-electron chi connectivity index (χ4n) is 3.66. The first-order chi connectivity index (χ1) is 15.2. The molecule has 170 valence electrons. The van der Waals surface area contributed by atoms with Crippen LogP contribution in [-0.4, -0.2) is 71.0 Å². The van der Waals surface area contributed by atoms with Crippen molar-refractivity contribution in [3.8, 4) is 11.5 Å². The largest absolute Gasteiger partial charge is 0.497 e. The van der Waals surface area contributed by atoms with Gasteiger partial charge in [-0.3, -0.25) is 9.89 Å². The number of benzene rings is 1. The minimum absolute atomic E-state index is 0.338. The molecule has 1 aliphatic rings. The fraction of sp³-hybridized carbons (Fsp3) is 0.522. The SMILES string of the molecule is COCCN=C(NCCc1ccco1)NC1CCN(Cc2cc(OC)cc(OC)c2)C1. The number of nitrogens with zero attached hydrogens (tertiary/aromatic N) is 2. The predicted molar refractivity (Wildman–Crippen MR) is 121 cm³/mol. The summed E-state index contributed by atoms with van der Waals surface area (Å²) in [6.45, 7) is 4.80. The Morgan fingerprint density at radius 2 is 2.00 bits per heavy atom. The Bertz CT molecular complexity index is 788. The van der Waals surface area contributed by atoms with E-state index < -0.39 is 0 Å². The standard InChI is InChI=1S/C23H34N4O4/c1-28-12-9-25-23(24-8-6-20-5-4-11-31-20)26-19-7-10-27(17-19)16-18-13-21(29-2)15-22(14-18)30-3/h4-5,11,13-15,19H,6-10,12,16-17H2,1-3H3,(H2,24,25,26). The number of rotatable bonds is 11. The second-order valence-corrected chi connectivity index (χ2v) is 7.57. The summed E-state index contributed by atoms with van der Waals surface area (Å²) in [6, 6.07) is 10.3. The number of aliphatic imine (C=N–C) groups is 1. The molecule has 0 spiro atoms. The molecule has 2 N–H and O–H groups in total. The van der Waals surface area contributed by atoms with E-state index in [1.54, 1.807) is 27.6 Å². The van der Waals surface area contributed by atoms with Crippen molar-refractivity contribution in [2.75, 3.05) is 54.1 Å². The molecule has 1 aliphatic heterocycles. The molecule has 3 rings (SSSR count). The molecule has 1 unspecified atom stereocenters. The third-order valence-corrected chi connectivity index (χ3v) is 5.24. The summed E-state index contributed by atoms with van der Waals surface area (Å²) in [6.07, 6.45) is 3.57. The normalized spacial score (nSPS) is 17.0. The number of furan rings is 1. The number of ether oxygens (including phenoxy) is 3. The van der Waals surface area contributed by atoms with Gasteiger partial charge in [0.25, 0.3) is 0 Å². The van der Waals surface area contributed by atoms with Gasteiger partial charge in [-0.2, -0.15) is 0 Å². The number of methoxy groups -OCH3 is 3. The molecule has 1 saturated heterocycles. The molecule has 8 heteroatoms. The van der Waals surface area contributed by atoms with Crippen LogP contribution in [0.5, 0.6) is 11.5 Å². The van der Waals surface area contributed by atoms with E-state index in [4.69, 9.17) is 18.6 Å². The van der Waals surface area contributed by atoms with Crippen LogP contribution in [0.25, 0.3) is 0 Å². The second kappa shape index (κ2) is 12.2. The molecule has 1 atom stereocenters.